The zero-order valence-corrected chi connectivity index (χ0v) is 13.6. The Hall–Kier alpha value is -1.06. The standard InChI is InChI=1S/C17H32O4/c1-14(15(2)13-17(20)21)11-9-7-5-3-4-6-8-10-12-16(18)19/h14-15H,3-13H2,1-2H3,(H,18,19)(H,20,21). The number of carbonyl (C=O) groups is 2. The predicted octanol–water partition coefficient (Wildman–Crippen LogP) is 4.72. The lowest BCUT2D eigenvalue weighted by Gasteiger charge is -2.17. The van der Waals surface area contributed by atoms with Crippen LogP contribution in [-0.4, -0.2) is 22.2 Å². The Bertz CT molecular complexity index is 289. The highest BCUT2D eigenvalue weighted by Gasteiger charge is 2.14. The normalized spacial score (nSPS) is 13.8. The van der Waals surface area contributed by atoms with Crippen molar-refractivity contribution in [3.8, 4) is 0 Å². The van der Waals surface area contributed by atoms with Gasteiger partial charge in [0.25, 0.3) is 0 Å². The van der Waals surface area contributed by atoms with E-state index in [9.17, 15) is 9.59 Å². The summed E-state index contributed by atoms with van der Waals surface area (Å²) in [5.74, 6) is -0.646. The molecule has 0 aliphatic heterocycles. The van der Waals surface area contributed by atoms with Crippen molar-refractivity contribution >= 4 is 11.9 Å². The van der Waals surface area contributed by atoms with E-state index in [-0.39, 0.29) is 12.3 Å². The van der Waals surface area contributed by atoms with Crippen molar-refractivity contribution < 1.29 is 19.8 Å². The fraction of sp³-hybridized carbons (Fsp3) is 0.882. The number of rotatable bonds is 14. The number of carboxylic acids is 2. The van der Waals surface area contributed by atoms with Crippen molar-refractivity contribution in [3.63, 3.8) is 0 Å². The smallest absolute Gasteiger partial charge is 0.303 e. The largest absolute Gasteiger partial charge is 0.481 e. The molecule has 124 valence electrons. The zero-order valence-electron chi connectivity index (χ0n) is 13.6. The molecule has 0 fully saturated rings. The van der Waals surface area contributed by atoms with Gasteiger partial charge in [0.1, 0.15) is 0 Å². The van der Waals surface area contributed by atoms with Crippen molar-refractivity contribution in [2.45, 2.75) is 84.5 Å². The van der Waals surface area contributed by atoms with Crippen molar-refractivity contribution in [2.24, 2.45) is 11.8 Å². The van der Waals surface area contributed by atoms with E-state index in [1.165, 1.54) is 32.1 Å². The fourth-order valence-electron chi connectivity index (χ4n) is 2.56. The Morgan fingerprint density at radius 1 is 0.714 bits per heavy atom. The molecule has 0 aromatic rings. The maximum absolute atomic E-state index is 10.6. The second kappa shape index (κ2) is 12.7. The number of aliphatic carboxylic acids is 2. The minimum atomic E-state index is -0.697. The summed E-state index contributed by atoms with van der Waals surface area (Å²) < 4.78 is 0. The topological polar surface area (TPSA) is 74.6 Å². The molecule has 2 atom stereocenters. The molecule has 21 heavy (non-hydrogen) atoms. The average molecular weight is 300 g/mol. The molecule has 0 aliphatic carbocycles. The highest BCUT2D eigenvalue weighted by molar-refractivity contribution is 5.67. The van der Waals surface area contributed by atoms with E-state index in [1.807, 2.05) is 6.92 Å². The first-order chi connectivity index (χ1) is 9.93. The molecule has 0 amide bonds. The highest BCUT2D eigenvalue weighted by atomic mass is 16.4. The Morgan fingerprint density at radius 2 is 1.19 bits per heavy atom. The van der Waals surface area contributed by atoms with Crippen LogP contribution >= 0.6 is 0 Å². The van der Waals surface area contributed by atoms with Gasteiger partial charge in [-0.2, -0.15) is 0 Å². The van der Waals surface area contributed by atoms with Crippen molar-refractivity contribution in [3.05, 3.63) is 0 Å². The van der Waals surface area contributed by atoms with Crippen molar-refractivity contribution in [1.29, 1.82) is 0 Å². The van der Waals surface area contributed by atoms with Crippen LogP contribution in [0.15, 0.2) is 0 Å². The molecule has 0 aromatic carbocycles. The summed E-state index contributed by atoms with van der Waals surface area (Å²) in [5, 5.41) is 17.3. The molecule has 0 saturated heterocycles. The molecule has 0 bridgehead atoms. The van der Waals surface area contributed by atoms with Gasteiger partial charge in [-0.1, -0.05) is 65.2 Å². The average Bonchev–Trinajstić information content (AvgIpc) is 2.39. The molecule has 4 heteroatoms. The minimum absolute atomic E-state index is 0.261. The molecule has 0 aromatic heterocycles. The van der Waals surface area contributed by atoms with Gasteiger partial charge in [-0.15, -0.1) is 0 Å². The molecule has 2 N–H and O–H groups in total. The summed E-state index contributed by atoms with van der Waals surface area (Å²) in [4.78, 5) is 21.0. The van der Waals surface area contributed by atoms with Gasteiger partial charge in [0, 0.05) is 12.8 Å². The third kappa shape index (κ3) is 13.7. The Balaban J connectivity index is 3.32. The van der Waals surface area contributed by atoms with E-state index in [0.29, 0.717) is 12.3 Å². The van der Waals surface area contributed by atoms with Crippen LogP contribution in [0.4, 0.5) is 0 Å². The summed E-state index contributed by atoms with van der Waals surface area (Å²) in [6.07, 6.45) is 10.7. The SMILES string of the molecule is CC(CCCCCCCCCCC(=O)O)C(C)CC(=O)O. The number of hydrogen-bond donors (Lipinski definition) is 2. The van der Waals surface area contributed by atoms with Gasteiger partial charge in [0.05, 0.1) is 0 Å². The summed E-state index contributed by atoms with van der Waals surface area (Å²) >= 11 is 0. The van der Waals surface area contributed by atoms with Crippen LogP contribution < -0.4 is 0 Å². The Kier molecular flexibility index (Phi) is 12.0. The fourth-order valence-corrected chi connectivity index (χ4v) is 2.56. The predicted molar refractivity (Wildman–Crippen MR) is 84.4 cm³/mol. The lowest BCUT2D eigenvalue weighted by atomic mass is 9.88. The third-order valence-electron chi connectivity index (χ3n) is 4.27. The highest BCUT2D eigenvalue weighted by Crippen LogP contribution is 2.21. The number of hydrogen-bond acceptors (Lipinski definition) is 2. The van der Waals surface area contributed by atoms with Crippen LogP contribution in [0.3, 0.4) is 0 Å². The van der Waals surface area contributed by atoms with E-state index in [1.54, 1.807) is 0 Å². The van der Waals surface area contributed by atoms with Crippen LogP contribution in [0.2, 0.25) is 0 Å². The first-order valence-electron chi connectivity index (χ1n) is 8.37. The second-order valence-electron chi connectivity index (χ2n) is 6.31. The summed E-state index contributed by atoms with van der Waals surface area (Å²) in [5.41, 5.74) is 0. The summed E-state index contributed by atoms with van der Waals surface area (Å²) in [6, 6.07) is 0. The van der Waals surface area contributed by atoms with E-state index in [4.69, 9.17) is 10.2 Å². The van der Waals surface area contributed by atoms with Gasteiger partial charge in [-0.3, -0.25) is 9.59 Å². The van der Waals surface area contributed by atoms with Crippen LogP contribution in [0.25, 0.3) is 0 Å². The van der Waals surface area contributed by atoms with E-state index in [2.05, 4.69) is 6.92 Å². The molecular weight excluding hydrogens is 268 g/mol. The van der Waals surface area contributed by atoms with E-state index in [0.717, 1.165) is 25.7 Å². The van der Waals surface area contributed by atoms with Crippen LogP contribution in [0, 0.1) is 11.8 Å². The molecular formula is C17H32O4. The molecule has 0 heterocycles. The second-order valence-corrected chi connectivity index (χ2v) is 6.31. The Morgan fingerprint density at radius 3 is 1.67 bits per heavy atom. The Labute approximate surface area is 128 Å². The van der Waals surface area contributed by atoms with Crippen molar-refractivity contribution in [1.82, 2.24) is 0 Å². The summed E-state index contributed by atoms with van der Waals surface area (Å²) in [7, 11) is 0. The lowest BCUT2D eigenvalue weighted by molar-refractivity contribution is -0.138. The molecule has 0 rings (SSSR count). The molecule has 0 aliphatic rings. The van der Waals surface area contributed by atoms with Gasteiger partial charge in [0.2, 0.25) is 0 Å². The lowest BCUT2D eigenvalue weighted by Crippen LogP contribution is -2.12. The van der Waals surface area contributed by atoms with Crippen LogP contribution in [-0.2, 0) is 9.59 Å². The quantitative estimate of drug-likeness (QED) is 0.455. The molecule has 0 radical (unpaired) electrons. The van der Waals surface area contributed by atoms with Crippen LogP contribution in [0.1, 0.15) is 84.5 Å². The van der Waals surface area contributed by atoms with Gasteiger partial charge in [0.15, 0.2) is 0 Å². The van der Waals surface area contributed by atoms with Gasteiger partial charge in [-0.05, 0) is 18.3 Å². The van der Waals surface area contributed by atoms with E-state index >= 15 is 0 Å². The van der Waals surface area contributed by atoms with E-state index < -0.39 is 11.9 Å². The van der Waals surface area contributed by atoms with Gasteiger partial charge in [-0.25, -0.2) is 0 Å². The van der Waals surface area contributed by atoms with Crippen molar-refractivity contribution in [2.75, 3.05) is 0 Å². The van der Waals surface area contributed by atoms with Gasteiger partial charge < -0.3 is 10.2 Å². The summed E-state index contributed by atoms with van der Waals surface area (Å²) in [6.45, 7) is 4.17. The minimum Gasteiger partial charge on any atom is -0.481 e. The molecule has 4 nitrogen and oxygen atoms in total. The third-order valence-corrected chi connectivity index (χ3v) is 4.27. The number of unbranched alkanes of at least 4 members (excludes halogenated alkanes) is 7. The monoisotopic (exact) mass is 300 g/mol. The molecule has 2 unspecified atom stereocenters. The maximum Gasteiger partial charge on any atom is 0.303 e. The molecule has 0 saturated carbocycles. The maximum atomic E-state index is 10.6. The first kappa shape index (κ1) is 19.9. The van der Waals surface area contributed by atoms with Crippen LogP contribution in [0.5, 0.6) is 0 Å². The first-order valence-corrected chi connectivity index (χ1v) is 8.37. The molecule has 0 spiro atoms. The zero-order chi connectivity index (χ0) is 16.1. The van der Waals surface area contributed by atoms with Gasteiger partial charge >= 0.3 is 11.9 Å². The number of carboxylic acid groups (broad SMARTS) is 2.